The van der Waals surface area contributed by atoms with E-state index in [-0.39, 0.29) is 11.2 Å². The molecule has 0 fully saturated rings. The number of rotatable bonds is 6. The van der Waals surface area contributed by atoms with E-state index in [1.165, 1.54) is 10.4 Å². The van der Waals surface area contributed by atoms with E-state index in [4.69, 9.17) is 4.74 Å². The molecule has 1 aliphatic rings. The van der Waals surface area contributed by atoms with E-state index in [2.05, 4.69) is 16.4 Å². The van der Waals surface area contributed by atoms with Crippen LogP contribution in [0.2, 0.25) is 0 Å². The van der Waals surface area contributed by atoms with E-state index in [9.17, 15) is 4.79 Å². The van der Waals surface area contributed by atoms with Gasteiger partial charge in [-0.2, -0.15) is 0 Å². The first-order valence-electron chi connectivity index (χ1n) is 7.65. The van der Waals surface area contributed by atoms with E-state index in [0.29, 0.717) is 19.7 Å². The average molecular weight is 348 g/mol. The molecule has 0 unspecified atom stereocenters. The molecule has 0 aliphatic carbocycles. The molecule has 4 nitrogen and oxygen atoms in total. The zero-order chi connectivity index (χ0) is 16.1. The quantitative estimate of drug-likeness (QED) is 0.804. The SMILES string of the molecule is COCCN(Cc1ccccn1)C(=O)[C@@H]1SCCc2sccc21. The predicted molar refractivity (Wildman–Crippen MR) is 94.8 cm³/mol. The molecule has 1 atom stereocenters. The third-order valence-corrected chi connectivity index (χ3v) is 6.08. The molecule has 1 aliphatic heterocycles. The van der Waals surface area contributed by atoms with E-state index in [1.54, 1.807) is 36.4 Å². The van der Waals surface area contributed by atoms with Crippen molar-refractivity contribution >= 4 is 29.0 Å². The molecular formula is C17H20N2O2S2. The predicted octanol–water partition coefficient (Wildman–Crippen LogP) is 3.15. The average Bonchev–Trinajstić information content (AvgIpc) is 3.07. The van der Waals surface area contributed by atoms with Crippen molar-refractivity contribution in [3.05, 3.63) is 52.0 Å². The highest BCUT2D eigenvalue weighted by Gasteiger charge is 2.31. The van der Waals surface area contributed by atoms with Gasteiger partial charge in [-0.25, -0.2) is 0 Å². The third-order valence-electron chi connectivity index (χ3n) is 3.86. The van der Waals surface area contributed by atoms with Crippen molar-refractivity contribution in [3.8, 4) is 0 Å². The molecule has 0 N–H and O–H groups in total. The Hall–Kier alpha value is -1.37. The first-order chi connectivity index (χ1) is 11.3. The molecule has 23 heavy (non-hydrogen) atoms. The number of thioether (sulfide) groups is 1. The van der Waals surface area contributed by atoms with E-state index < -0.39 is 0 Å². The zero-order valence-corrected chi connectivity index (χ0v) is 14.7. The Bertz CT molecular complexity index is 645. The van der Waals surface area contributed by atoms with Gasteiger partial charge in [0.15, 0.2) is 0 Å². The fourth-order valence-corrected chi connectivity index (χ4v) is 5.05. The maximum absolute atomic E-state index is 13.1. The van der Waals surface area contributed by atoms with Gasteiger partial charge in [0.1, 0.15) is 5.25 Å². The summed E-state index contributed by atoms with van der Waals surface area (Å²) in [5, 5.41) is 2.00. The molecule has 6 heteroatoms. The number of aromatic nitrogens is 1. The van der Waals surface area contributed by atoms with Crippen LogP contribution in [0.15, 0.2) is 35.8 Å². The number of amides is 1. The molecule has 0 radical (unpaired) electrons. The molecular weight excluding hydrogens is 328 g/mol. The highest BCUT2D eigenvalue weighted by Crippen LogP contribution is 2.40. The van der Waals surface area contributed by atoms with Gasteiger partial charge in [0, 0.05) is 24.7 Å². The van der Waals surface area contributed by atoms with Crippen molar-refractivity contribution < 1.29 is 9.53 Å². The smallest absolute Gasteiger partial charge is 0.240 e. The Kier molecular flexibility index (Phi) is 5.70. The molecule has 0 aromatic carbocycles. The van der Waals surface area contributed by atoms with E-state index >= 15 is 0 Å². The number of fused-ring (bicyclic) bond motifs is 1. The molecule has 0 saturated heterocycles. The number of hydrogen-bond donors (Lipinski definition) is 0. The Morgan fingerprint density at radius 1 is 1.43 bits per heavy atom. The lowest BCUT2D eigenvalue weighted by Gasteiger charge is -2.29. The number of nitrogens with zero attached hydrogens (tertiary/aromatic N) is 2. The maximum Gasteiger partial charge on any atom is 0.240 e. The van der Waals surface area contributed by atoms with Crippen LogP contribution in [0.25, 0.3) is 0 Å². The highest BCUT2D eigenvalue weighted by atomic mass is 32.2. The summed E-state index contributed by atoms with van der Waals surface area (Å²) in [6.45, 7) is 1.65. The number of methoxy groups -OCH3 is 1. The second kappa shape index (κ2) is 7.95. The summed E-state index contributed by atoms with van der Waals surface area (Å²) in [6, 6.07) is 7.90. The van der Waals surface area contributed by atoms with Crippen LogP contribution in [0.5, 0.6) is 0 Å². The largest absolute Gasteiger partial charge is 0.383 e. The van der Waals surface area contributed by atoms with Gasteiger partial charge >= 0.3 is 0 Å². The minimum Gasteiger partial charge on any atom is -0.383 e. The van der Waals surface area contributed by atoms with Crippen LogP contribution in [0.3, 0.4) is 0 Å². The second-order valence-electron chi connectivity index (χ2n) is 5.37. The first-order valence-corrected chi connectivity index (χ1v) is 9.58. The Labute approximate surface area is 144 Å². The molecule has 0 spiro atoms. The van der Waals surface area contributed by atoms with Gasteiger partial charge in [0.2, 0.25) is 5.91 Å². The van der Waals surface area contributed by atoms with Crippen LogP contribution in [-0.2, 0) is 22.5 Å². The van der Waals surface area contributed by atoms with Crippen LogP contribution in [0.4, 0.5) is 0 Å². The lowest BCUT2D eigenvalue weighted by Crippen LogP contribution is -2.37. The highest BCUT2D eigenvalue weighted by molar-refractivity contribution is 8.00. The van der Waals surface area contributed by atoms with Gasteiger partial charge in [0.05, 0.1) is 18.8 Å². The molecule has 3 rings (SSSR count). The minimum absolute atomic E-state index is 0.0921. The fraction of sp³-hybridized carbons (Fsp3) is 0.412. The van der Waals surface area contributed by atoms with Gasteiger partial charge in [0.25, 0.3) is 0 Å². The van der Waals surface area contributed by atoms with E-state index in [1.807, 2.05) is 23.1 Å². The molecule has 0 bridgehead atoms. The van der Waals surface area contributed by atoms with E-state index in [0.717, 1.165) is 17.9 Å². The lowest BCUT2D eigenvalue weighted by atomic mass is 10.1. The molecule has 1 amide bonds. The molecule has 122 valence electrons. The van der Waals surface area contributed by atoms with Crippen LogP contribution >= 0.6 is 23.1 Å². The summed E-state index contributed by atoms with van der Waals surface area (Å²) in [7, 11) is 1.66. The second-order valence-corrected chi connectivity index (χ2v) is 7.59. The summed E-state index contributed by atoms with van der Waals surface area (Å²) in [6.07, 6.45) is 2.83. The minimum atomic E-state index is -0.0921. The summed E-state index contributed by atoms with van der Waals surface area (Å²) in [5.74, 6) is 1.17. The van der Waals surface area contributed by atoms with Crippen LogP contribution < -0.4 is 0 Å². The normalized spacial score (nSPS) is 16.8. The maximum atomic E-state index is 13.1. The molecule has 3 heterocycles. The first kappa shape index (κ1) is 16.5. The Balaban J connectivity index is 1.78. The summed E-state index contributed by atoms with van der Waals surface area (Å²) >= 11 is 3.50. The molecule has 2 aromatic rings. The van der Waals surface area contributed by atoms with Crippen LogP contribution in [0, 0.1) is 0 Å². The standard InChI is InChI=1S/C17H20N2O2S2/c1-21-9-8-19(12-13-4-2-3-7-18-13)17(20)16-14-5-10-22-15(14)6-11-23-16/h2-5,7,10,16H,6,8-9,11-12H2,1H3/t16-/m1/s1. The summed E-state index contributed by atoms with van der Waals surface area (Å²) in [5.41, 5.74) is 2.10. The Morgan fingerprint density at radius 3 is 3.13 bits per heavy atom. The van der Waals surface area contributed by atoms with Gasteiger partial charge in [-0.05, 0) is 41.3 Å². The number of hydrogen-bond acceptors (Lipinski definition) is 5. The monoisotopic (exact) mass is 348 g/mol. The number of carbonyl (C=O) groups is 1. The van der Waals surface area contributed by atoms with Crippen molar-refractivity contribution in [2.45, 2.75) is 18.2 Å². The molecule has 0 saturated carbocycles. The zero-order valence-electron chi connectivity index (χ0n) is 13.1. The van der Waals surface area contributed by atoms with Crippen molar-refractivity contribution in [1.82, 2.24) is 9.88 Å². The van der Waals surface area contributed by atoms with Crippen molar-refractivity contribution in [2.24, 2.45) is 0 Å². The Morgan fingerprint density at radius 2 is 2.35 bits per heavy atom. The number of carbonyl (C=O) groups excluding carboxylic acids is 1. The van der Waals surface area contributed by atoms with Crippen LogP contribution in [0.1, 0.15) is 21.4 Å². The number of aryl methyl sites for hydroxylation is 1. The van der Waals surface area contributed by atoms with Gasteiger partial charge in [-0.15, -0.1) is 23.1 Å². The third kappa shape index (κ3) is 3.94. The van der Waals surface area contributed by atoms with Gasteiger partial charge < -0.3 is 9.64 Å². The molecule has 2 aromatic heterocycles. The van der Waals surface area contributed by atoms with Crippen LogP contribution in [-0.4, -0.2) is 41.8 Å². The number of thiophene rings is 1. The van der Waals surface area contributed by atoms with Crippen molar-refractivity contribution in [2.75, 3.05) is 26.0 Å². The van der Waals surface area contributed by atoms with Gasteiger partial charge in [-0.3, -0.25) is 9.78 Å². The number of ether oxygens (including phenoxy) is 1. The van der Waals surface area contributed by atoms with Gasteiger partial charge in [-0.1, -0.05) is 6.07 Å². The lowest BCUT2D eigenvalue weighted by molar-refractivity contribution is -0.132. The number of pyridine rings is 1. The fourth-order valence-electron chi connectivity index (χ4n) is 2.67. The van der Waals surface area contributed by atoms with Crippen molar-refractivity contribution in [1.29, 1.82) is 0 Å². The summed E-state index contributed by atoms with van der Waals surface area (Å²) in [4.78, 5) is 20.7. The topological polar surface area (TPSA) is 42.4 Å². The summed E-state index contributed by atoms with van der Waals surface area (Å²) < 4.78 is 5.18. The van der Waals surface area contributed by atoms with Crippen molar-refractivity contribution in [3.63, 3.8) is 0 Å².